The summed E-state index contributed by atoms with van der Waals surface area (Å²) in [7, 11) is 0. The van der Waals surface area contributed by atoms with Crippen LogP contribution in [0.3, 0.4) is 0 Å². The highest BCUT2D eigenvalue weighted by Crippen LogP contribution is 2.20. The normalized spacial score (nSPS) is 14.4. The number of anilines is 2. The summed E-state index contributed by atoms with van der Waals surface area (Å²) in [6.45, 7) is 2.11. The van der Waals surface area contributed by atoms with Crippen molar-refractivity contribution in [3.63, 3.8) is 0 Å². The minimum absolute atomic E-state index is 0.0780. The van der Waals surface area contributed by atoms with Gasteiger partial charge in [-0.15, -0.1) is 0 Å². The van der Waals surface area contributed by atoms with E-state index < -0.39 is 0 Å². The second-order valence-corrected chi connectivity index (χ2v) is 6.13. The molecule has 3 rings (SSSR count). The summed E-state index contributed by atoms with van der Waals surface area (Å²) in [4.78, 5) is 18.8. The Morgan fingerprint density at radius 2 is 1.92 bits per heavy atom. The SMILES string of the molecule is O=C(CCc1ccccc1O)Nc1ccc(N2CCCCC2)nc1. The molecule has 2 N–H and O–H groups in total. The molecule has 5 heteroatoms. The molecule has 1 aromatic heterocycles. The van der Waals surface area contributed by atoms with Crippen molar-refractivity contribution in [2.24, 2.45) is 0 Å². The number of nitrogens with zero attached hydrogens (tertiary/aromatic N) is 2. The van der Waals surface area contributed by atoms with E-state index in [1.54, 1.807) is 18.3 Å². The van der Waals surface area contributed by atoms with Gasteiger partial charge < -0.3 is 15.3 Å². The number of aromatic nitrogens is 1. The largest absolute Gasteiger partial charge is 0.508 e. The standard InChI is InChI=1S/C19H23N3O2/c23-17-7-3-2-6-15(17)8-11-19(24)21-16-9-10-18(20-14-16)22-12-4-1-5-13-22/h2-3,6-7,9-10,14,23H,1,4-5,8,11-13H2,(H,21,24). The molecule has 1 aliphatic heterocycles. The number of para-hydroxylation sites is 1. The van der Waals surface area contributed by atoms with Crippen molar-refractivity contribution in [2.45, 2.75) is 32.1 Å². The van der Waals surface area contributed by atoms with Crippen LogP contribution in [0.4, 0.5) is 11.5 Å². The van der Waals surface area contributed by atoms with Gasteiger partial charge in [0.2, 0.25) is 5.91 Å². The molecule has 0 spiro atoms. The van der Waals surface area contributed by atoms with Gasteiger partial charge in [0.1, 0.15) is 11.6 Å². The van der Waals surface area contributed by atoms with E-state index in [1.807, 2.05) is 24.3 Å². The van der Waals surface area contributed by atoms with E-state index in [2.05, 4.69) is 15.2 Å². The fourth-order valence-corrected chi connectivity index (χ4v) is 2.96. The predicted octanol–water partition coefficient (Wildman–Crippen LogP) is 3.35. The fraction of sp³-hybridized carbons (Fsp3) is 0.368. The van der Waals surface area contributed by atoms with Gasteiger partial charge in [-0.3, -0.25) is 4.79 Å². The van der Waals surface area contributed by atoms with Gasteiger partial charge in [-0.2, -0.15) is 0 Å². The van der Waals surface area contributed by atoms with E-state index in [0.29, 0.717) is 18.5 Å². The van der Waals surface area contributed by atoms with Gasteiger partial charge in [0.15, 0.2) is 0 Å². The van der Waals surface area contributed by atoms with E-state index in [1.165, 1.54) is 19.3 Å². The van der Waals surface area contributed by atoms with Crippen LogP contribution in [0.1, 0.15) is 31.2 Å². The third-order valence-electron chi connectivity index (χ3n) is 4.32. The number of aryl methyl sites for hydroxylation is 1. The monoisotopic (exact) mass is 325 g/mol. The molecule has 0 unspecified atom stereocenters. The lowest BCUT2D eigenvalue weighted by Gasteiger charge is -2.27. The van der Waals surface area contributed by atoms with Gasteiger partial charge in [-0.1, -0.05) is 18.2 Å². The zero-order valence-corrected chi connectivity index (χ0v) is 13.7. The van der Waals surface area contributed by atoms with Crippen LogP contribution in [-0.2, 0) is 11.2 Å². The lowest BCUT2D eigenvalue weighted by molar-refractivity contribution is -0.116. The molecule has 126 valence electrons. The van der Waals surface area contributed by atoms with Crippen LogP contribution in [0.5, 0.6) is 5.75 Å². The van der Waals surface area contributed by atoms with Crippen LogP contribution in [0.15, 0.2) is 42.6 Å². The first-order valence-electron chi connectivity index (χ1n) is 8.50. The van der Waals surface area contributed by atoms with Crippen molar-refractivity contribution in [3.8, 4) is 5.75 Å². The smallest absolute Gasteiger partial charge is 0.224 e. The van der Waals surface area contributed by atoms with Crippen molar-refractivity contribution in [1.29, 1.82) is 0 Å². The summed E-state index contributed by atoms with van der Waals surface area (Å²) >= 11 is 0. The molecule has 2 aromatic rings. The van der Waals surface area contributed by atoms with Crippen molar-refractivity contribution in [2.75, 3.05) is 23.3 Å². The molecule has 2 heterocycles. The minimum atomic E-state index is -0.0780. The van der Waals surface area contributed by atoms with E-state index in [9.17, 15) is 9.90 Å². The van der Waals surface area contributed by atoms with Crippen molar-refractivity contribution < 1.29 is 9.90 Å². The Bertz CT molecular complexity index is 679. The Morgan fingerprint density at radius 1 is 1.12 bits per heavy atom. The van der Waals surface area contributed by atoms with Crippen LogP contribution >= 0.6 is 0 Å². The van der Waals surface area contributed by atoms with Gasteiger partial charge >= 0.3 is 0 Å². The van der Waals surface area contributed by atoms with E-state index in [4.69, 9.17) is 0 Å². The highest BCUT2D eigenvalue weighted by molar-refractivity contribution is 5.90. The Kier molecular flexibility index (Phi) is 5.31. The minimum Gasteiger partial charge on any atom is -0.508 e. The number of hydrogen-bond donors (Lipinski definition) is 2. The second-order valence-electron chi connectivity index (χ2n) is 6.13. The maximum absolute atomic E-state index is 12.1. The van der Waals surface area contributed by atoms with E-state index in [-0.39, 0.29) is 11.7 Å². The molecule has 1 fully saturated rings. The molecule has 0 aliphatic carbocycles. The number of pyridine rings is 1. The number of carbonyl (C=O) groups is 1. The molecule has 1 aliphatic rings. The number of benzene rings is 1. The van der Waals surface area contributed by atoms with Crippen LogP contribution in [0, 0.1) is 0 Å². The Balaban J connectivity index is 1.52. The number of rotatable bonds is 5. The average Bonchev–Trinajstić information content (AvgIpc) is 2.62. The van der Waals surface area contributed by atoms with E-state index >= 15 is 0 Å². The van der Waals surface area contributed by atoms with Crippen molar-refractivity contribution >= 4 is 17.4 Å². The number of piperidine rings is 1. The molecular weight excluding hydrogens is 302 g/mol. The molecule has 5 nitrogen and oxygen atoms in total. The second kappa shape index (κ2) is 7.81. The maximum atomic E-state index is 12.1. The topological polar surface area (TPSA) is 65.5 Å². The van der Waals surface area contributed by atoms with Gasteiger partial charge in [-0.05, 0) is 49.4 Å². The summed E-state index contributed by atoms with van der Waals surface area (Å²) in [5.41, 5.74) is 1.49. The summed E-state index contributed by atoms with van der Waals surface area (Å²) < 4.78 is 0. The van der Waals surface area contributed by atoms with Crippen LogP contribution in [0.2, 0.25) is 0 Å². The molecule has 1 amide bonds. The zero-order valence-electron chi connectivity index (χ0n) is 13.7. The maximum Gasteiger partial charge on any atom is 0.224 e. The van der Waals surface area contributed by atoms with Crippen LogP contribution in [0.25, 0.3) is 0 Å². The number of hydrogen-bond acceptors (Lipinski definition) is 4. The van der Waals surface area contributed by atoms with E-state index in [0.717, 1.165) is 24.5 Å². The third-order valence-corrected chi connectivity index (χ3v) is 4.32. The Morgan fingerprint density at radius 3 is 2.62 bits per heavy atom. The molecule has 0 bridgehead atoms. The quantitative estimate of drug-likeness (QED) is 0.885. The zero-order chi connectivity index (χ0) is 16.8. The number of carbonyl (C=O) groups excluding carboxylic acids is 1. The number of amides is 1. The first kappa shape index (κ1) is 16.3. The number of phenolic OH excluding ortho intramolecular Hbond substituents is 1. The summed E-state index contributed by atoms with van der Waals surface area (Å²) in [5, 5.41) is 12.6. The molecule has 0 atom stereocenters. The lowest BCUT2D eigenvalue weighted by Crippen LogP contribution is -2.30. The predicted molar refractivity (Wildman–Crippen MR) is 95.4 cm³/mol. The summed E-state index contributed by atoms with van der Waals surface area (Å²) in [6.07, 6.45) is 6.27. The number of aromatic hydroxyl groups is 1. The number of phenols is 1. The highest BCUT2D eigenvalue weighted by Gasteiger charge is 2.12. The summed E-state index contributed by atoms with van der Waals surface area (Å²) in [6, 6.07) is 11.0. The molecule has 1 aromatic carbocycles. The van der Waals surface area contributed by atoms with Gasteiger partial charge in [0.25, 0.3) is 0 Å². The van der Waals surface area contributed by atoms with Crippen molar-refractivity contribution in [3.05, 3.63) is 48.2 Å². The molecule has 0 saturated carbocycles. The molecule has 24 heavy (non-hydrogen) atoms. The first-order chi connectivity index (χ1) is 11.7. The van der Waals surface area contributed by atoms with Gasteiger partial charge in [0.05, 0.1) is 11.9 Å². The lowest BCUT2D eigenvalue weighted by atomic mass is 10.1. The first-order valence-corrected chi connectivity index (χ1v) is 8.50. The molecule has 0 radical (unpaired) electrons. The fourth-order valence-electron chi connectivity index (χ4n) is 2.96. The highest BCUT2D eigenvalue weighted by atomic mass is 16.3. The summed E-state index contributed by atoms with van der Waals surface area (Å²) in [5.74, 6) is 1.13. The third kappa shape index (κ3) is 4.25. The number of nitrogens with one attached hydrogen (secondary N) is 1. The molecular formula is C19H23N3O2. The van der Waals surface area contributed by atoms with Crippen molar-refractivity contribution in [1.82, 2.24) is 4.98 Å². The average molecular weight is 325 g/mol. The molecule has 1 saturated heterocycles. The Labute approximate surface area is 142 Å². The Hall–Kier alpha value is -2.56. The van der Waals surface area contributed by atoms with Crippen LogP contribution < -0.4 is 10.2 Å². The van der Waals surface area contributed by atoms with Gasteiger partial charge in [0, 0.05) is 19.5 Å². The van der Waals surface area contributed by atoms with Crippen LogP contribution in [-0.4, -0.2) is 29.1 Å². The van der Waals surface area contributed by atoms with Gasteiger partial charge in [-0.25, -0.2) is 4.98 Å².